The molecule has 3 aliphatic rings. The van der Waals surface area contributed by atoms with Gasteiger partial charge in [-0.2, -0.15) is 5.10 Å². The van der Waals surface area contributed by atoms with Gasteiger partial charge in [-0.05, 0) is 68.7 Å². The van der Waals surface area contributed by atoms with Gasteiger partial charge < -0.3 is 20.4 Å². The third-order valence-electron chi connectivity index (χ3n) is 8.59. The number of ether oxygens (including phenoxy) is 1. The minimum Gasteiger partial charge on any atom is -0.369 e. The van der Waals surface area contributed by atoms with Crippen molar-refractivity contribution in [1.29, 1.82) is 0 Å². The Morgan fingerprint density at radius 2 is 1.84 bits per heavy atom. The fourth-order valence-electron chi connectivity index (χ4n) is 6.17. The minimum atomic E-state index is -2.94. The van der Waals surface area contributed by atoms with E-state index in [0.717, 1.165) is 18.4 Å². The average molecular weight is 605 g/mol. The third-order valence-corrected chi connectivity index (χ3v) is 8.59. The number of alkyl halides is 4. The second kappa shape index (κ2) is 11.2. The summed E-state index contributed by atoms with van der Waals surface area (Å²) < 4.78 is 61.5. The molecule has 0 radical (unpaired) electrons. The highest BCUT2D eigenvalue weighted by Crippen LogP contribution is 2.45. The SMILES string of the molecule is CC(C)n1nccc1C(=O)N[C@H](c1nc2ccc([C@H](NC(=O)CC3CC(F)(F)C3)C3CC3)cc2[nH]1)[C@H]1CCC(F)(F)CO1. The maximum Gasteiger partial charge on any atom is 0.271 e. The van der Waals surface area contributed by atoms with Crippen LogP contribution in [0.15, 0.2) is 30.5 Å². The highest BCUT2D eigenvalue weighted by molar-refractivity contribution is 5.93. The average Bonchev–Trinajstić information content (AvgIpc) is 3.47. The Morgan fingerprint density at radius 3 is 2.49 bits per heavy atom. The Kier molecular flexibility index (Phi) is 7.72. The van der Waals surface area contributed by atoms with Crippen LogP contribution in [-0.2, 0) is 9.53 Å². The number of H-pyrrole nitrogens is 1. The van der Waals surface area contributed by atoms with Crippen LogP contribution in [-0.4, -0.2) is 56.1 Å². The first kappa shape index (κ1) is 29.6. The van der Waals surface area contributed by atoms with Gasteiger partial charge in [0, 0.05) is 37.9 Å². The molecule has 2 aromatic heterocycles. The molecule has 3 atom stereocenters. The number of aromatic amines is 1. The molecule has 2 amide bonds. The first-order valence-electron chi connectivity index (χ1n) is 14.9. The number of hydrogen-bond donors (Lipinski definition) is 3. The van der Waals surface area contributed by atoms with Crippen LogP contribution in [0, 0.1) is 11.8 Å². The fourth-order valence-corrected chi connectivity index (χ4v) is 6.17. The van der Waals surface area contributed by atoms with E-state index < -0.39 is 36.5 Å². The number of fused-ring (bicyclic) bond motifs is 1. The maximum atomic E-state index is 13.9. The van der Waals surface area contributed by atoms with Crippen LogP contribution in [0.4, 0.5) is 17.6 Å². The van der Waals surface area contributed by atoms with E-state index in [1.54, 1.807) is 16.8 Å². The van der Waals surface area contributed by atoms with Gasteiger partial charge in [0.05, 0.1) is 23.2 Å². The van der Waals surface area contributed by atoms with Gasteiger partial charge >= 0.3 is 0 Å². The molecule has 1 aromatic carbocycles. The number of hydrogen-bond acceptors (Lipinski definition) is 5. The predicted molar refractivity (Wildman–Crippen MR) is 149 cm³/mol. The molecular weight excluding hydrogens is 568 g/mol. The molecule has 232 valence electrons. The number of nitrogens with one attached hydrogen (secondary N) is 3. The van der Waals surface area contributed by atoms with Crippen molar-refractivity contribution in [3.8, 4) is 0 Å². The summed E-state index contributed by atoms with van der Waals surface area (Å²) >= 11 is 0. The first-order valence-corrected chi connectivity index (χ1v) is 14.9. The van der Waals surface area contributed by atoms with Gasteiger partial charge in [0.15, 0.2) is 0 Å². The molecule has 2 aliphatic carbocycles. The fraction of sp³-hybridized carbons (Fsp3) is 0.600. The zero-order valence-electron chi connectivity index (χ0n) is 24.1. The molecule has 2 saturated carbocycles. The van der Waals surface area contributed by atoms with Crippen LogP contribution in [0.3, 0.4) is 0 Å². The highest BCUT2D eigenvalue weighted by atomic mass is 19.3. The van der Waals surface area contributed by atoms with Crippen molar-refractivity contribution >= 4 is 22.8 Å². The zero-order valence-corrected chi connectivity index (χ0v) is 24.1. The molecule has 0 spiro atoms. The van der Waals surface area contributed by atoms with Crippen molar-refractivity contribution < 1.29 is 31.9 Å². The molecule has 0 bridgehead atoms. The summed E-state index contributed by atoms with van der Waals surface area (Å²) in [5.41, 5.74) is 2.43. The third kappa shape index (κ3) is 6.56. The Balaban J connectivity index is 1.24. The summed E-state index contributed by atoms with van der Waals surface area (Å²) in [4.78, 5) is 34.0. The molecule has 43 heavy (non-hydrogen) atoms. The van der Waals surface area contributed by atoms with E-state index >= 15 is 0 Å². The smallest absolute Gasteiger partial charge is 0.271 e. The summed E-state index contributed by atoms with van der Waals surface area (Å²) in [6.45, 7) is 3.04. The van der Waals surface area contributed by atoms with Gasteiger partial charge in [0.25, 0.3) is 11.8 Å². The molecule has 9 nitrogen and oxygen atoms in total. The van der Waals surface area contributed by atoms with Crippen molar-refractivity contribution in [2.24, 2.45) is 11.8 Å². The van der Waals surface area contributed by atoms with E-state index in [1.165, 1.54) is 6.20 Å². The van der Waals surface area contributed by atoms with Crippen molar-refractivity contribution in [1.82, 2.24) is 30.4 Å². The van der Waals surface area contributed by atoms with E-state index in [2.05, 4.69) is 20.7 Å². The quantitative estimate of drug-likeness (QED) is 0.260. The van der Waals surface area contributed by atoms with Gasteiger partial charge in [0.2, 0.25) is 11.8 Å². The maximum absolute atomic E-state index is 13.9. The summed E-state index contributed by atoms with van der Waals surface area (Å²) in [6.07, 6.45) is 1.90. The lowest BCUT2D eigenvalue weighted by Crippen LogP contribution is -2.44. The number of imidazole rings is 1. The molecule has 0 unspecified atom stereocenters. The summed E-state index contributed by atoms with van der Waals surface area (Å²) in [7, 11) is 0. The van der Waals surface area contributed by atoms with Crippen LogP contribution >= 0.6 is 0 Å². The molecular formula is C30H36F4N6O3. The Bertz CT molecular complexity index is 1480. The van der Waals surface area contributed by atoms with Gasteiger partial charge in [-0.1, -0.05) is 6.07 Å². The van der Waals surface area contributed by atoms with Crippen molar-refractivity contribution in [2.45, 2.75) is 94.9 Å². The molecule has 3 fully saturated rings. The largest absolute Gasteiger partial charge is 0.369 e. The van der Waals surface area contributed by atoms with Crippen LogP contribution in [0.2, 0.25) is 0 Å². The van der Waals surface area contributed by atoms with Crippen molar-refractivity contribution in [2.75, 3.05) is 6.61 Å². The van der Waals surface area contributed by atoms with Gasteiger partial charge in [-0.3, -0.25) is 14.3 Å². The number of amides is 2. The van der Waals surface area contributed by atoms with Crippen LogP contribution in [0.1, 0.15) is 98.8 Å². The van der Waals surface area contributed by atoms with Crippen molar-refractivity contribution in [3.05, 3.63) is 47.5 Å². The second-order valence-electron chi connectivity index (χ2n) is 12.6. The summed E-state index contributed by atoms with van der Waals surface area (Å²) in [5.74, 6) is -5.96. The van der Waals surface area contributed by atoms with Crippen LogP contribution in [0.25, 0.3) is 11.0 Å². The van der Waals surface area contributed by atoms with Crippen molar-refractivity contribution in [3.63, 3.8) is 0 Å². The number of aromatic nitrogens is 4. The molecule has 1 saturated heterocycles. The predicted octanol–water partition coefficient (Wildman–Crippen LogP) is 5.63. The highest BCUT2D eigenvalue weighted by Gasteiger charge is 2.46. The second-order valence-corrected chi connectivity index (χ2v) is 12.6. The molecule has 3 aromatic rings. The lowest BCUT2D eigenvalue weighted by atomic mass is 9.79. The molecule has 6 rings (SSSR count). The number of carbonyl (C=O) groups is 2. The summed E-state index contributed by atoms with van der Waals surface area (Å²) in [6, 6.07) is 5.99. The number of rotatable bonds is 10. The van der Waals surface area contributed by atoms with Crippen LogP contribution in [0.5, 0.6) is 0 Å². The van der Waals surface area contributed by atoms with E-state index in [9.17, 15) is 27.2 Å². The van der Waals surface area contributed by atoms with Crippen LogP contribution < -0.4 is 10.6 Å². The Hall–Kier alpha value is -3.48. The molecule has 1 aliphatic heterocycles. The molecule has 3 N–H and O–H groups in total. The van der Waals surface area contributed by atoms with Gasteiger partial charge in [-0.25, -0.2) is 22.5 Å². The van der Waals surface area contributed by atoms with E-state index in [1.807, 2.05) is 26.0 Å². The van der Waals surface area contributed by atoms with E-state index in [0.29, 0.717) is 22.6 Å². The monoisotopic (exact) mass is 604 g/mol. The van der Waals surface area contributed by atoms with Gasteiger partial charge in [-0.15, -0.1) is 0 Å². The van der Waals surface area contributed by atoms with E-state index in [4.69, 9.17) is 9.72 Å². The lowest BCUT2D eigenvalue weighted by Gasteiger charge is -2.34. The number of benzene rings is 1. The summed E-state index contributed by atoms with van der Waals surface area (Å²) in [5, 5.41) is 10.2. The first-order chi connectivity index (χ1) is 20.4. The molecule has 13 heteroatoms. The zero-order chi connectivity index (χ0) is 30.5. The Morgan fingerprint density at radius 1 is 1.07 bits per heavy atom. The molecule has 3 heterocycles. The number of carbonyl (C=O) groups excluding carboxylic acids is 2. The van der Waals surface area contributed by atoms with Gasteiger partial charge in [0.1, 0.15) is 24.2 Å². The lowest BCUT2D eigenvalue weighted by molar-refractivity contribution is -0.151. The topological polar surface area (TPSA) is 114 Å². The number of halogens is 4. The Labute approximate surface area is 246 Å². The normalized spacial score (nSPS) is 23.1. The minimum absolute atomic E-state index is 0.0202. The number of nitrogens with zero attached hydrogens (tertiary/aromatic N) is 3. The standard InChI is InChI=1S/C30H36F4N6O3/c1-16(2)40-22(8-10-35-40)28(42)39-26(23-7-9-29(31,32)15-43-23)27-36-20-6-5-19(12-21(20)37-27)25(18-3-4-18)38-24(41)11-17-13-30(33,34)14-17/h5-6,8,10,12,16-18,23,25-26H,3-4,7,9,11,13-15H2,1-2H3,(H,36,37)(H,38,41)(H,39,42)/t23-,25-,26+/m1/s1. The van der Waals surface area contributed by atoms with E-state index in [-0.39, 0.29) is 61.9 Å².